The zero-order valence-electron chi connectivity index (χ0n) is 11.3. The van der Waals surface area contributed by atoms with Crippen LogP contribution in [0.25, 0.3) is 0 Å². The molecule has 1 saturated carbocycles. The number of rotatable bonds is 5. The maximum absolute atomic E-state index is 12.2. The predicted octanol–water partition coefficient (Wildman–Crippen LogP) is 2.67. The Kier molecular flexibility index (Phi) is 5.60. The quantitative estimate of drug-likeness (QED) is 0.846. The van der Waals surface area contributed by atoms with Crippen LogP contribution < -0.4 is 4.72 Å². The summed E-state index contributed by atoms with van der Waals surface area (Å²) >= 11 is 3.23. The molecular weight excluding hydrogens is 342 g/mol. The number of sulfonamides is 1. The maximum Gasteiger partial charge on any atom is 0.241 e. The lowest BCUT2D eigenvalue weighted by atomic mass is 9.85. The van der Waals surface area contributed by atoms with Crippen molar-refractivity contribution in [1.29, 1.82) is 0 Å². The van der Waals surface area contributed by atoms with Crippen molar-refractivity contribution < 1.29 is 13.5 Å². The Morgan fingerprint density at radius 1 is 1.25 bits per heavy atom. The van der Waals surface area contributed by atoms with Crippen molar-refractivity contribution in [3.05, 3.63) is 28.7 Å². The Morgan fingerprint density at radius 3 is 2.55 bits per heavy atom. The minimum atomic E-state index is -3.58. The van der Waals surface area contributed by atoms with Crippen LogP contribution >= 0.6 is 15.9 Å². The monoisotopic (exact) mass is 361 g/mol. The van der Waals surface area contributed by atoms with E-state index in [0.717, 1.165) is 25.7 Å². The van der Waals surface area contributed by atoms with Crippen LogP contribution in [0.5, 0.6) is 0 Å². The molecule has 0 aliphatic heterocycles. The van der Waals surface area contributed by atoms with Crippen LogP contribution in [0.3, 0.4) is 0 Å². The highest BCUT2D eigenvalue weighted by Gasteiger charge is 2.24. The largest absolute Gasteiger partial charge is 0.391 e. The van der Waals surface area contributed by atoms with E-state index in [1.165, 1.54) is 6.42 Å². The fourth-order valence-corrected chi connectivity index (χ4v) is 4.67. The van der Waals surface area contributed by atoms with E-state index < -0.39 is 16.1 Å². The molecule has 0 bridgehead atoms. The molecule has 1 aromatic rings. The minimum Gasteiger partial charge on any atom is -0.391 e. The third kappa shape index (κ3) is 4.04. The first-order chi connectivity index (χ1) is 9.50. The van der Waals surface area contributed by atoms with Gasteiger partial charge in [-0.2, -0.15) is 0 Å². The van der Waals surface area contributed by atoms with Crippen LogP contribution in [0.4, 0.5) is 0 Å². The Bertz CT molecular complexity index is 541. The third-order valence-corrected chi connectivity index (χ3v) is 6.24. The second kappa shape index (κ2) is 7.02. The lowest BCUT2D eigenvalue weighted by Crippen LogP contribution is -2.37. The molecule has 0 amide bonds. The number of nitrogens with one attached hydrogen (secondary N) is 1. The number of aliphatic hydroxyl groups excluding tert-OH is 1. The zero-order chi connectivity index (χ0) is 14.6. The molecule has 0 saturated heterocycles. The number of halogens is 1. The fourth-order valence-electron chi connectivity index (χ4n) is 2.62. The molecule has 2 N–H and O–H groups in total. The molecule has 1 atom stereocenters. The number of benzene rings is 1. The second-order valence-electron chi connectivity index (χ2n) is 5.25. The van der Waals surface area contributed by atoms with E-state index in [1.54, 1.807) is 24.3 Å². The molecule has 0 heterocycles. The lowest BCUT2D eigenvalue weighted by Gasteiger charge is -2.26. The van der Waals surface area contributed by atoms with Crippen molar-refractivity contribution >= 4 is 26.0 Å². The molecule has 2 rings (SSSR count). The van der Waals surface area contributed by atoms with Crippen molar-refractivity contribution in [3.8, 4) is 0 Å². The summed E-state index contributed by atoms with van der Waals surface area (Å²) in [7, 11) is -3.58. The highest BCUT2D eigenvalue weighted by atomic mass is 79.9. The van der Waals surface area contributed by atoms with Crippen molar-refractivity contribution in [2.45, 2.75) is 43.1 Å². The Labute approximate surface area is 128 Å². The second-order valence-corrected chi connectivity index (χ2v) is 7.84. The highest BCUT2D eigenvalue weighted by Crippen LogP contribution is 2.26. The van der Waals surface area contributed by atoms with Gasteiger partial charge in [-0.1, -0.05) is 31.4 Å². The minimum absolute atomic E-state index is 0.0777. The summed E-state index contributed by atoms with van der Waals surface area (Å²) in [6.07, 6.45) is 4.83. The highest BCUT2D eigenvalue weighted by molar-refractivity contribution is 9.10. The zero-order valence-corrected chi connectivity index (χ0v) is 13.7. The van der Waals surface area contributed by atoms with E-state index in [-0.39, 0.29) is 17.4 Å². The summed E-state index contributed by atoms with van der Waals surface area (Å²) in [6.45, 7) is 0.0777. The van der Waals surface area contributed by atoms with E-state index >= 15 is 0 Å². The maximum atomic E-state index is 12.2. The number of hydrogen-bond acceptors (Lipinski definition) is 3. The van der Waals surface area contributed by atoms with Gasteiger partial charge in [0.2, 0.25) is 10.0 Å². The van der Waals surface area contributed by atoms with Crippen LogP contribution in [-0.2, 0) is 10.0 Å². The average Bonchev–Trinajstić information content (AvgIpc) is 2.46. The molecule has 1 aromatic carbocycles. The summed E-state index contributed by atoms with van der Waals surface area (Å²) in [4.78, 5) is 0.204. The van der Waals surface area contributed by atoms with Crippen LogP contribution in [0.2, 0.25) is 0 Å². The molecule has 1 aliphatic carbocycles. The van der Waals surface area contributed by atoms with E-state index in [0.29, 0.717) is 4.47 Å². The number of hydrogen-bond donors (Lipinski definition) is 2. The van der Waals surface area contributed by atoms with Gasteiger partial charge in [0, 0.05) is 11.0 Å². The molecule has 6 heteroatoms. The average molecular weight is 362 g/mol. The molecule has 1 aliphatic rings. The van der Waals surface area contributed by atoms with Crippen LogP contribution in [0.1, 0.15) is 32.1 Å². The van der Waals surface area contributed by atoms with E-state index in [4.69, 9.17) is 0 Å². The lowest BCUT2D eigenvalue weighted by molar-refractivity contribution is 0.0888. The van der Waals surface area contributed by atoms with Crippen LogP contribution in [-0.4, -0.2) is 26.2 Å². The van der Waals surface area contributed by atoms with Gasteiger partial charge in [0.05, 0.1) is 11.0 Å². The van der Waals surface area contributed by atoms with Crippen molar-refractivity contribution in [2.75, 3.05) is 6.54 Å². The van der Waals surface area contributed by atoms with Gasteiger partial charge in [0.1, 0.15) is 0 Å². The Morgan fingerprint density at radius 2 is 1.90 bits per heavy atom. The Hall–Kier alpha value is -0.430. The molecule has 0 aromatic heterocycles. The first kappa shape index (κ1) is 15.9. The molecular formula is C14H20BrNO3S. The summed E-state index contributed by atoms with van der Waals surface area (Å²) in [5.41, 5.74) is 0. The normalized spacial score (nSPS) is 18.9. The first-order valence-corrected chi connectivity index (χ1v) is 9.20. The predicted molar refractivity (Wildman–Crippen MR) is 81.9 cm³/mol. The molecule has 1 fully saturated rings. The molecule has 4 nitrogen and oxygen atoms in total. The fraction of sp³-hybridized carbons (Fsp3) is 0.571. The third-order valence-electron chi connectivity index (χ3n) is 3.80. The summed E-state index contributed by atoms with van der Waals surface area (Å²) in [6, 6.07) is 6.67. The van der Waals surface area contributed by atoms with Crippen molar-refractivity contribution in [3.63, 3.8) is 0 Å². The number of aliphatic hydroxyl groups is 1. The molecule has 0 spiro atoms. The summed E-state index contributed by atoms with van der Waals surface area (Å²) in [5.74, 6) is 0.214. The first-order valence-electron chi connectivity index (χ1n) is 6.93. The van der Waals surface area contributed by atoms with Gasteiger partial charge < -0.3 is 5.11 Å². The van der Waals surface area contributed by atoms with Gasteiger partial charge in [-0.25, -0.2) is 13.1 Å². The van der Waals surface area contributed by atoms with Crippen LogP contribution in [0, 0.1) is 5.92 Å². The van der Waals surface area contributed by atoms with Gasteiger partial charge in [-0.05, 0) is 46.8 Å². The van der Waals surface area contributed by atoms with Crippen LogP contribution in [0.15, 0.2) is 33.6 Å². The molecule has 20 heavy (non-hydrogen) atoms. The molecule has 112 valence electrons. The van der Waals surface area contributed by atoms with Crippen molar-refractivity contribution in [1.82, 2.24) is 4.72 Å². The van der Waals surface area contributed by atoms with Crippen molar-refractivity contribution in [2.24, 2.45) is 5.92 Å². The summed E-state index contributed by atoms with van der Waals surface area (Å²) < 4.78 is 27.4. The SMILES string of the molecule is O=S(=O)(NC[C@@H](O)C1CCCCC1)c1ccccc1Br. The van der Waals surface area contributed by atoms with E-state index in [2.05, 4.69) is 20.7 Å². The van der Waals surface area contributed by atoms with Gasteiger partial charge in [-0.3, -0.25) is 0 Å². The Balaban J connectivity index is 1.97. The standard InChI is InChI=1S/C14H20BrNO3S/c15-12-8-4-5-9-14(12)20(18,19)16-10-13(17)11-6-2-1-3-7-11/h4-5,8-9,11,13,16-17H,1-3,6-7,10H2/t13-/m1/s1. The smallest absolute Gasteiger partial charge is 0.241 e. The van der Waals surface area contributed by atoms with E-state index in [9.17, 15) is 13.5 Å². The molecule has 0 radical (unpaired) electrons. The summed E-state index contributed by atoms with van der Waals surface area (Å²) in [5, 5.41) is 10.1. The topological polar surface area (TPSA) is 66.4 Å². The van der Waals surface area contributed by atoms with Gasteiger partial charge in [0.15, 0.2) is 0 Å². The van der Waals surface area contributed by atoms with Gasteiger partial charge in [0.25, 0.3) is 0 Å². The molecule has 0 unspecified atom stereocenters. The van der Waals surface area contributed by atoms with Gasteiger partial charge in [-0.15, -0.1) is 0 Å². The van der Waals surface area contributed by atoms with E-state index in [1.807, 2.05) is 0 Å². The van der Waals surface area contributed by atoms with Gasteiger partial charge >= 0.3 is 0 Å².